The molecule has 2 aromatic carbocycles. The van der Waals surface area contributed by atoms with E-state index >= 15 is 0 Å². The number of nitrogens with one attached hydrogen (secondary N) is 1. The molecular weight excluding hydrogens is 421 g/mol. The fraction of sp³-hybridized carbons (Fsp3) is 0.364. The fourth-order valence-electron chi connectivity index (χ4n) is 3.23. The van der Waals surface area contributed by atoms with E-state index in [0.29, 0.717) is 6.42 Å². The summed E-state index contributed by atoms with van der Waals surface area (Å²) in [6.07, 6.45) is 1.24. The molecule has 0 bridgehead atoms. The van der Waals surface area contributed by atoms with Gasteiger partial charge in [0.2, 0.25) is 21.8 Å². The summed E-state index contributed by atoms with van der Waals surface area (Å²) < 4.78 is 39.8. The van der Waals surface area contributed by atoms with Crippen LogP contribution in [0.15, 0.2) is 48.5 Å². The quantitative estimate of drug-likeness (QED) is 0.637. The molecule has 0 saturated carbocycles. The number of para-hydroxylation sites is 1. The molecule has 2 rings (SSSR count). The third kappa shape index (κ3) is 6.27. The highest BCUT2D eigenvalue weighted by atomic mass is 32.2. The molecule has 0 aliphatic heterocycles. The van der Waals surface area contributed by atoms with Gasteiger partial charge in [0.05, 0.1) is 11.9 Å². The predicted octanol–water partition coefficient (Wildman–Crippen LogP) is 2.45. The first-order chi connectivity index (χ1) is 14.6. The maximum absolute atomic E-state index is 14.3. The Labute approximate surface area is 182 Å². The molecular formula is C22H28FN3O4S. The van der Waals surface area contributed by atoms with Gasteiger partial charge in [-0.25, -0.2) is 12.8 Å². The molecule has 0 spiro atoms. The average Bonchev–Trinajstić information content (AvgIpc) is 2.72. The average molecular weight is 450 g/mol. The van der Waals surface area contributed by atoms with Gasteiger partial charge in [0, 0.05) is 13.6 Å². The van der Waals surface area contributed by atoms with Crippen LogP contribution in [0.4, 0.5) is 10.1 Å². The van der Waals surface area contributed by atoms with E-state index in [0.717, 1.165) is 27.8 Å². The molecule has 0 heterocycles. The Morgan fingerprint density at radius 2 is 1.71 bits per heavy atom. The minimum atomic E-state index is -3.96. The first-order valence-corrected chi connectivity index (χ1v) is 11.7. The van der Waals surface area contributed by atoms with Crippen LogP contribution in [-0.2, 0) is 26.2 Å². The Morgan fingerprint density at radius 1 is 1.10 bits per heavy atom. The van der Waals surface area contributed by atoms with Crippen LogP contribution in [0.25, 0.3) is 0 Å². The van der Waals surface area contributed by atoms with Crippen molar-refractivity contribution in [3.8, 4) is 0 Å². The molecule has 2 aromatic rings. The van der Waals surface area contributed by atoms with Gasteiger partial charge in [-0.2, -0.15) is 0 Å². The number of hydrogen-bond acceptors (Lipinski definition) is 4. The Balaban J connectivity index is 2.43. The molecule has 0 unspecified atom stereocenters. The smallest absolute Gasteiger partial charge is 0.244 e. The van der Waals surface area contributed by atoms with E-state index in [9.17, 15) is 22.4 Å². The summed E-state index contributed by atoms with van der Waals surface area (Å²) in [5.74, 6) is -1.73. The Morgan fingerprint density at radius 3 is 2.23 bits per heavy atom. The highest BCUT2D eigenvalue weighted by Crippen LogP contribution is 2.22. The van der Waals surface area contributed by atoms with Gasteiger partial charge in [-0.3, -0.25) is 13.9 Å². The molecule has 0 aliphatic carbocycles. The van der Waals surface area contributed by atoms with Gasteiger partial charge in [0.1, 0.15) is 18.4 Å². The van der Waals surface area contributed by atoms with Crippen molar-refractivity contribution >= 4 is 27.5 Å². The number of carbonyl (C=O) groups is 2. The molecule has 168 valence electrons. The minimum absolute atomic E-state index is 0.111. The number of amides is 2. The van der Waals surface area contributed by atoms with Crippen LogP contribution in [-0.4, -0.2) is 51.0 Å². The number of rotatable bonds is 9. The summed E-state index contributed by atoms with van der Waals surface area (Å²) in [5, 5.41) is 2.55. The zero-order chi connectivity index (χ0) is 23.2. The Hall–Kier alpha value is -2.94. The molecule has 31 heavy (non-hydrogen) atoms. The van der Waals surface area contributed by atoms with Crippen LogP contribution >= 0.6 is 0 Å². The molecule has 7 nitrogen and oxygen atoms in total. The molecule has 1 atom stereocenters. The van der Waals surface area contributed by atoms with Crippen molar-refractivity contribution in [1.29, 1.82) is 0 Å². The van der Waals surface area contributed by atoms with E-state index in [2.05, 4.69) is 5.32 Å². The van der Waals surface area contributed by atoms with Gasteiger partial charge in [0.25, 0.3) is 0 Å². The van der Waals surface area contributed by atoms with E-state index in [1.54, 1.807) is 6.92 Å². The van der Waals surface area contributed by atoms with Crippen LogP contribution in [0, 0.1) is 12.7 Å². The van der Waals surface area contributed by atoms with Gasteiger partial charge in [-0.05, 0) is 31.0 Å². The minimum Gasteiger partial charge on any atom is -0.357 e. The molecule has 9 heteroatoms. The third-order valence-corrected chi connectivity index (χ3v) is 6.03. The lowest BCUT2D eigenvalue weighted by Crippen LogP contribution is -2.51. The van der Waals surface area contributed by atoms with E-state index in [1.165, 1.54) is 30.1 Å². The van der Waals surface area contributed by atoms with Crippen molar-refractivity contribution in [2.45, 2.75) is 32.9 Å². The number of likely N-dealkylation sites (N-methyl/N-ethyl adjacent to an activating group) is 1. The fourth-order valence-corrected chi connectivity index (χ4v) is 4.08. The van der Waals surface area contributed by atoms with E-state index in [-0.39, 0.29) is 18.1 Å². The number of anilines is 1. The number of carbonyl (C=O) groups excluding carboxylic acids is 2. The van der Waals surface area contributed by atoms with Crippen molar-refractivity contribution in [1.82, 2.24) is 10.2 Å². The Kier molecular flexibility index (Phi) is 8.15. The summed E-state index contributed by atoms with van der Waals surface area (Å²) >= 11 is 0. The summed E-state index contributed by atoms with van der Waals surface area (Å²) in [6, 6.07) is 12.0. The predicted molar refractivity (Wildman–Crippen MR) is 118 cm³/mol. The lowest BCUT2D eigenvalue weighted by molar-refractivity contribution is -0.140. The molecule has 0 fully saturated rings. The van der Waals surface area contributed by atoms with E-state index in [1.807, 2.05) is 31.2 Å². The van der Waals surface area contributed by atoms with Crippen LogP contribution in [0.3, 0.4) is 0 Å². The number of sulfonamides is 1. The molecule has 0 radical (unpaired) electrons. The monoisotopic (exact) mass is 449 g/mol. The second-order valence-corrected chi connectivity index (χ2v) is 9.17. The van der Waals surface area contributed by atoms with Gasteiger partial charge >= 0.3 is 0 Å². The van der Waals surface area contributed by atoms with Gasteiger partial charge in [-0.1, -0.05) is 48.9 Å². The maximum Gasteiger partial charge on any atom is 0.244 e. The highest BCUT2D eigenvalue weighted by molar-refractivity contribution is 7.92. The molecule has 0 aromatic heterocycles. The largest absolute Gasteiger partial charge is 0.357 e. The number of benzene rings is 2. The van der Waals surface area contributed by atoms with Crippen molar-refractivity contribution in [3.63, 3.8) is 0 Å². The lowest BCUT2D eigenvalue weighted by atomic mass is 10.1. The normalized spacial score (nSPS) is 12.2. The number of nitrogens with zero attached hydrogens (tertiary/aromatic N) is 2. The SMILES string of the molecule is CC[C@@H](C(=O)NC)N(Cc1ccc(C)cc1)C(=O)CN(c1ccccc1F)S(C)(=O)=O. The van der Waals surface area contributed by atoms with E-state index in [4.69, 9.17) is 0 Å². The second-order valence-electron chi connectivity index (χ2n) is 7.27. The molecule has 1 N–H and O–H groups in total. The van der Waals surface area contributed by atoms with Crippen molar-refractivity contribution in [2.24, 2.45) is 0 Å². The van der Waals surface area contributed by atoms with Crippen LogP contribution < -0.4 is 9.62 Å². The molecule has 2 amide bonds. The van der Waals surface area contributed by atoms with Gasteiger partial charge < -0.3 is 10.2 Å². The molecule has 0 aliphatic rings. The summed E-state index contributed by atoms with van der Waals surface area (Å²) in [4.78, 5) is 27.1. The van der Waals surface area contributed by atoms with Crippen molar-refractivity contribution in [2.75, 3.05) is 24.2 Å². The Bertz CT molecular complexity index is 1030. The van der Waals surface area contributed by atoms with E-state index < -0.39 is 34.3 Å². The number of aryl methyl sites for hydroxylation is 1. The van der Waals surface area contributed by atoms with Crippen LogP contribution in [0.5, 0.6) is 0 Å². The molecule has 0 saturated heterocycles. The van der Waals surface area contributed by atoms with Gasteiger partial charge in [-0.15, -0.1) is 0 Å². The van der Waals surface area contributed by atoms with Crippen molar-refractivity contribution in [3.05, 3.63) is 65.5 Å². The first-order valence-electron chi connectivity index (χ1n) is 9.87. The highest BCUT2D eigenvalue weighted by Gasteiger charge is 2.32. The van der Waals surface area contributed by atoms with Crippen LogP contribution in [0.2, 0.25) is 0 Å². The summed E-state index contributed by atoms with van der Waals surface area (Å²) in [7, 11) is -2.49. The van der Waals surface area contributed by atoms with Crippen molar-refractivity contribution < 1.29 is 22.4 Å². The number of hydrogen-bond donors (Lipinski definition) is 1. The topological polar surface area (TPSA) is 86.8 Å². The maximum atomic E-state index is 14.3. The second kappa shape index (κ2) is 10.4. The first kappa shape index (κ1) is 24.3. The lowest BCUT2D eigenvalue weighted by Gasteiger charge is -2.32. The summed E-state index contributed by atoms with van der Waals surface area (Å²) in [5.41, 5.74) is 1.61. The summed E-state index contributed by atoms with van der Waals surface area (Å²) in [6.45, 7) is 3.18. The standard InChI is InChI=1S/C22H28FN3O4S/c1-5-19(22(28)24-3)25(14-17-12-10-16(2)11-13-17)21(27)15-26(31(4,29)30)20-9-7-6-8-18(20)23/h6-13,19H,5,14-15H2,1-4H3,(H,24,28)/t19-/m0/s1. The number of halogens is 1. The third-order valence-electron chi connectivity index (χ3n) is 4.91. The van der Waals surface area contributed by atoms with Crippen LogP contribution in [0.1, 0.15) is 24.5 Å². The zero-order valence-electron chi connectivity index (χ0n) is 18.1. The zero-order valence-corrected chi connectivity index (χ0v) is 18.9. The van der Waals surface area contributed by atoms with Gasteiger partial charge in [0.15, 0.2) is 0 Å².